The maximum absolute atomic E-state index is 12.3. The van der Waals surface area contributed by atoms with E-state index >= 15 is 0 Å². The lowest BCUT2D eigenvalue weighted by Gasteiger charge is -2.08. The van der Waals surface area contributed by atoms with Crippen LogP contribution in [0.4, 0.5) is 0 Å². The summed E-state index contributed by atoms with van der Waals surface area (Å²) >= 11 is 0. The van der Waals surface area contributed by atoms with Crippen molar-refractivity contribution in [3.8, 4) is 11.8 Å². The fraction of sp³-hybridized carbons (Fsp3) is 0.500. The molecule has 0 radical (unpaired) electrons. The lowest BCUT2D eigenvalue weighted by molar-refractivity contribution is 0.0952. The van der Waals surface area contributed by atoms with E-state index in [9.17, 15) is 4.79 Å². The van der Waals surface area contributed by atoms with Gasteiger partial charge >= 0.3 is 0 Å². The Morgan fingerprint density at radius 2 is 2.24 bits per heavy atom. The van der Waals surface area contributed by atoms with Crippen LogP contribution >= 0.6 is 0 Å². The largest absolute Gasteiger partial charge is 0.395 e. The van der Waals surface area contributed by atoms with Gasteiger partial charge < -0.3 is 10.4 Å². The van der Waals surface area contributed by atoms with E-state index in [0.717, 1.165) is 30.0 Å². The summed E-state index contributed by atoms with van der Waals surface area (Å²) in [6, 6.07) is 5.70. The first-order valence-electron chi connectivity index (χ1n) is 7.69. The Bertz CT molecular complexity index is 550. The lowest BCUT2D eigenvalue weighted by Crippen LogP contribution is -2.25. The van der Waals surface area contributed by atoms with Crippen LogP contribution in [0.15, 0.2) is 18.2 Å². The van der Waals surface area contributed by atoms with Gasteiger partial charge in [0.15, 0.2) is 0 Å². The number of benzene rings is 1. The average molecular weight is 285 g/mol. The van der Waals surface area contributed by atoms with Gasteiger partial charge in [0.2, 0.25) is 0 Å². The molecule has 0 spiro atoms. The molecular weight excluding hydrogens is 262 g/mol. The van der Waals surface area contributed by atoms with Gasteiger partial charge in [-0.3, -0.25) is 4.79 Å². The predicted octanol–water partition coefficient (Wildman–Crippen LogP) is 2.65. The van der Waals surface area contributed by atoms with E-state index in [1.54, 1.807) is 0 Å². The monoisotopic (exact) mass is 285 g/mol. The van der Waals surface area contributed by atoms with E-state index in [1.165, 1.54) is 19.3 Å². The number of hydrogen-bond donors (Lipinski definition) is 2. The standard InChI is InChI=1S/C18H23NO2/c1-14-7-10-16(6-2-3-12-20)17(13-14)18(21)19-11-4-5-15-8-9-15/h7,10,13,15,20H,3-5,8-9,11-12H2,1H3,(H,19,21). The summed E-state index contributed by atoms with van der Waals surface area (Å²) in [5.41, 5.74) is 2.41. The van der Waals surface area contributed by atoms with Gasteiger partial charge in [0, 0.05) is 18.5 Å². The zero-order chi connectivity index (χ0) is 15.1. The normalized spacial score (nSPS) is 13.4. The fourth-order valence-corrected chi connectivity index (χ4v) is 2.26. The number of amides is 1. The molecule has 2 rings (SSSR count). The average Bonchev–Trinajstić information content (AvgIpc) is 3.29. The molecule has 1 aliphatic carbocycles. The van der Waals surface area contributed by atoms with Crippen molar-refractivity contribution in [2.45, 2.75) is 39.0 Å². The molecule has 0 saturated heterocycles. The van der Waals surface area contributed by atoms with Crippen LogP contribution in [-0.2, 0) is 0 Å². The number of aliphatic hydroxyl groups excluding tert-OH is 1. The number of aliphatic hydroxyl groups is 1. The Morgan fingerprint density at radius 1 is 1.43 bits per heavy atom. The first kappa shape index (κ1) is 15.6. The molecule has 0 bridgehead atoms. The Balaban J connectivity index is 1.96. The Kier molecular flexibility index (Phi) is 5.83. The number of nitrogens with one attached hydrogen (secondary N) is 1. The molecule has 21 heavy (non-hydrogen) atoms. The molecule has 0 atom stereocenters. The summed E-state index contributed by atoms with van der Waals surface area (Å²) < 4.78 is 0. The van der Waals surface area contributed by atoms with E-state index in [-0.39, 0.29) is 12.5 Å². The van der Waals surface area contributed by atoms with Crippen LogP contribution in [0.1, 0.15) is 53.6 Å². The van der Waals surface area contributed by atoms with Gasteiger partial charge in [-0.05, 0) is 37.8 Å². The molecule has 1 aromatic carbocycles. The van der Waals surface area contributed by atoms with Gasteiger partial charge in [-0.25, -0.2) is 0 Å². The SMILES string of the molecule is Cc1ccc(C#CCCO)c(C(=O)NCCCC2CC2)c1. The molecule has 3 heteroatoms. The molecule has 1 saturated carbocycles. The molecule has 1 aromatic rings. The highest BCUT2D eigenvalue weighted by atomic mass is 16.2. The van der Waals surface area contributed by atoms with Crippen molar-refractivity contribution in [2.75, 3.05) is 13.2 Å². The van der Waals surface area contributed by atoms with Gasteiger partial charge in [0.1, 0.15) is 0 Å². The highest BCUT2D eigenvalue weighted by Crippen LogP contribution is 2.33. The highest BCUT2D eigenvalue weighted by molar-refractivity contribution is 5.96. The summed E-state index contributed by atoms with van der Waals surface area (Å²) in [5.74, 6) is 6.70. The van der Waals surface area contributed by atoms with Crippen molar-refractivity contribution in [1.29, 1.82) is 0 Å². The van der Waals surface area contributed by atoms with Crippen LogP contribution in [0, 0.1) is 24.7 Å². The van der Waals surface area contributed by atoms with Gasteiger partial charge in [0.25, 0.3) is 5.91 Å². The second-order valence-electron chi connectivity index (χ2n) is 5.67. The summed E-state index contributed by atoms with van der Waals surface area (Å²) in [7, 11) is 0. The Morgan fingerprint density at radius 3 is 2.95 bits per heavy atom. The summed E-state index contributed by atoms with van der Waals surface area (Å²) in [6.45, 7) is 2.74. The molecule has 0 heterocycles. The van der Waals surface area contributed by atoms with E-state index in [1.807, 2.05) is 25.1 Å². The molecule has 2 N–H and O–H groups in total. The highest BCUT2D eigenvalue weighted by Gasteiger charge is 2.20. The number of rotatable bonds is 6. The third-order valence-electron chi connectivity index (χ3n) is 3.65. The minimum absolute atomic E-state index is 0.0432. The van der Waals surface area contributed by atoms with Crippen LogP contribution in [0.25, 0.3) is 0 Å². The Hall–Kier alpha value is -1.79. The number of aryl methyl sites for hydroxylation is 1. The van der Waals surface area contributed by atoms with Crippen LogP contribution < -0.4 is 5.32 Å². The van der Waals surface area contributed by atoms with E-state index in [2.05, 4.69) is 17.2 Å². The molecule has 0 aliphatic heterocycles. The Labute approximate surface area is 126 Å². The predicted molar refractivity (Wildman–Crippen MR) is 84.1 cm³/mol. The molecule has 0 aromatic heterocycles. The smallest absolute Gasteiger partial charge is 0.252 e. The third-order valence-corrected chi connectivity index (χ3v) is 3.65. The summed E-state index contributed by atoms with van der Waals surface area (Å²) in [5, 5.41) is 11.8. The first-order valence-corrected chi connectivity index (χ1v) is 7.69. The molecule has 0 unspecified atom stereocenters. The summed E-state index contributed by atoms with van der Waals surface area (Å²) in [6.07, 6.45) is 5.41. The number of hydrogen-bond acceptors (Lipinski definition) is 2. The molecular formula is C18H23NO2. The number of carbonyl (C=O) groups is 1. The van der Waals surface area contributed by atoms with Crippen LogP contribution in [0.5, 0.6) is 0 Å². The molecule has 112 valence electrons. The van der Waals surface area contributed by atoms with Crippen LogP contribution in [0.3, 0.4) is 0 Å². The van der Waals surface area contributed by atoms with E-state index in [4.69, 9.17) is 5.11 Å². The number of carbonyl (C=O) groups excluding carboxylic acids is 1. The quantitative estimate of drug-likeness (QED) is 0.623. The molecule has 1 fully saturated rings. The maximum atomic E-state index is 12.3. The zero-order valence-corrected chi connectivity index (χ0v) is 12.6. The zero-order valence-electron chi connectivity index (χ0n) is 12.6. The van der Waals surface area contributed by atoms with Crippen molar-refractivity contribution in [3.05, 3.63) is 34.9 Å². The van der Waals surface area contributed by atoms with Gasteiger partial charge in [-0.2, -0.15) is 0 Å². The van der Waals surface area contributed by atoms with Crippen LogP contribution in [-0.4, -0.2) is 24.2 Å². The van der Waals surface area contributed by atoms with Crippen LogP contribution in [0.2, 0.25) is 0 Å². The topological polar surface area (TPSA) is 49.3 Å². The minimum atomic E-state index is -0.0530. The van der Waals surface area contributed by atoms with Gasteiger partial charge in [-0.1, -0.05) is 36.3 Å². The molecule has 1 aliphatic rings. The van der Waals surface area contributed by atoms with Crippen molar-refractivity contribution < 1.29 is 9.90 Å². The molecule has 3 nitrogen and oxygen atoms in total. The molecule has 1 amide bonds. The fourth-order valence-electron chi connectivity index (χ4n) is 2.26. The second-order valence-corrected chi connectivity index (χ2v) is 5.67. The second kappa shape index (κ2) is 7.85. The van der Waals surface area contributed by atoms with E-state index in [0.29, 0.717) is 12.0 Å². The van der Waals surface area contributed by atoms with Crippen molar-refractivity contribution in [2.24, 2.45) is 5.92 Å². The lowest BCUT2D eigenvalue weighted by atomic mass is 10.0. The van der Waals surface area contributed by atoms with E-state index < -0.39 is 0 Å². The van der Waals surface area contributed by atoms with Crippen molar-refractivity contribution >= 4 is 5.91 Å². The first-order chi connectivity index (χ1) is 10.2. The maximum Gasteiger partial charge on any atom is 0.252 e. The van der Waals surface area contributed by atoms with Crippen molar-refractivity contribution in [1.82, 2.24) is 5.32 Å². The summed E-state index contributed by atoms with van der Waals surface area (Å²) in [4.78, 5) is 12.3. The van der Waals surface area contributed by atoms with Gasteiger partial charge in [-0.15, -0.1) is 0 Å². The third kappa shape index (κ3) is 5.24. The van der Waals surface area contributed by atoms with Gasteiger partial charge in [0.05, 0.1) is 12.2 Å². The van der Waals surface area contributed by atoms with Crippen molar-refractivity contribution in [3.63, 3.8) is 0 Å². The minimum Gasteiger partial charge on any atom is -0.395 e.